The van der Waals surface area contributed by atoms with Crippen molar-refractivity contribution >= 4 is 33.3 Å². The predicted molar refractivity (Wildman–Crippen MR) is 185 cm³/mol. The van der Waals surface area contributed by atoms with Crippen molar-refractivity contribution in [1.29, 1.82) is 0 Å². The van der Waals surface area contributed by atoms with Gasteiger partial charge in [-0.3, -0.25) is 14.7 Å². The van der Waals surface area contributed by atoms with Gasteiger partial charge in [0.15, 0.2) is 0 Å². The van der Waals surface area contributed by atoms with Crippen molar-refractivity contribution in [2.75, 3.05) is 32.8 Å². The van der Waals surface area contributed by atoms with E-state index < -0.39 is 21.7 Å². The molecule has 0 radical (unpaired) electrons. The van der Waals surface area contributed by atoms with Gasteiger partial charge >= 0.3 is 6.09 Å². The Bertz CT molecular complexity index is 1560. The molecule has 1 aromatic carbocycles. The summed E-state index contributed by atoms with van der Waals surface area (Å²) in [6, 6.07) is 8.54. The number of nitrogens with zero attached hydrogens (tertiary/aromatic N) is 5. The molecule has 5 rings (SSSR count). The zero-order valence-electron chi connectivity index (χ0n) is 28.3. The minimum atomic E-state index is -3.69. The fraction of sp³-hybridized carbons (Fsp3) is 0.529. The molecule has 2 saturated heterocycles. The lowest BCUT2D eigenvalue weighted by molar-refractivity contribution is -0.122. The smallest absolute Gasteiger partial charge is 0.415 e. The normalized spacial score (nSPS) is 18.0. The van der Waals surface area contributed by atoms with Crippen LogP contribution in [0.15, 0.2) is 70.1 Å². The van der Waals surface area contributed by atoms with E-state index in [2.05, 4.69) is 35.5 Å². The van der Waals surface area contributed by atoms with E-state index in [1.54, 1.807) is 42.7 Å². The highest BCUT2D eigenvalue weighted by Gasteiger charge is 2.25. The third kappa shape index (κ3) is 11.9. The van der Waals surface area contributed by atoms with Gasteiger partial charge in [0, 0.05) is 54.2 Å². The molecule has 2 fully saturated rings. The summed E-state index contributed by atoms with van der Waals surface area (Å²) in [4.78, 5) is 40.6. The highest BCUT2D eigenvalue weighted by atomic mass is 32.2. The molecule has 0 spiro atoms. The highest BCUT2D eigenvalue weighted by molar-refractivity contribution is 7.89. The van der Waals surface area contributed by atoms with E-state index in [0.717, 1.165) is 74.5 Å². The molecular weight excluding hydrogens is 632 g/mol. The number of benzene rings is 1. The summed E-state index contributed by atoms with van der Waals surface area (Å²) in [5, 5.41) is 10.9. The number of aryl methyl sites for hydroxylation is 1. The molecule has 14 heteroatoms. The van der Waals surface area contributed by atoms with Crippen LogP contribution in [-0.4, -0.2) is 85.0 Å². The molecule has 3 aliphatic rings. The van der Waals surface area contributed by atoms with Crippen LogP contribution in [0.25, 0.3) is 0 Å². The van der Waals surface area contributed by atoms with E-state index in [1.807, 2.05) is 33.8 Å². The van der Waals surface area contributed by atoms with Crippen molar-refractivity contribution in [3.63, 3.8) is 0 Å². The Morgan fingerprint density at radius 1 is 0.979 bits per heavy atom. The summed E-state index contributed by atoms with van der Waals surface area (Å²) in [7, 11) is -3.69. The summed E-state index contributed by atoms with van der Waals surface area (Å²) in [5.41, 5.74) is 2.85. The predicted octanol–water partition coefficient (Wildman–Crippen LogP) is 3.77. The van der Waals surface area contributed by atoms with Crippen LogP contribution in [0.2, 0.25) is 0 Å². The first-order chi connectivity index (χ1) is 22.9. The number of sulfonamides is 1. The number of carbonyl (C=O) groups is 2. The number of hydrazone groups is 1. The second kappa shape index (κ2) is 17.4. The number of hydrogen-bond acceptors (Lipinski definition) is 11. The minimum absolute atomic E-state index is 0.140. The lowest BCUT2D eigenvalue weighted by Gasteiger charge is -2.26. The number of rotatable bonds is 9. The Morgan fingerprint density at radius 2 is 1.62 bits per heavy atom. The van der Waals surface area contributed by atoms with Gasteiger partial charge in [0.2, 0.25) is 0 Å². The van der Waals surface area contributed by atoms with Gasteiger partial charge in [-0.15, -0.1) is 0 Å². The van der Waals surface area contributed by atoms with E-state index >= 15 is 0 Å². The Kier molecular flexibility index (Phi) is 13.4. The number of nitrogens with one attached hydrogen (secondary N) is 3. The van der Waals surface area contributed by atoms with Crippen molar-refractivity contribution in [3.05, 3.63) is 66.4 Å². The fourth-order valence-electron chi connectivity index (χ4n) is 5.39. The van der Waals surface area contributed by atoms with E-state index in [1.165, 1.54) is 11.2 Å². The van der Waals surface area contributed by atoms with Crippen LogP contribution in [0.4, 0.5) is 4.79 Å². The number of Topliss-reactive ketones (excluding diaryl/α,β-unsaturated/α-hetero) is 1. The van der Waals surface area contributed by atoms with E-state index in [9.17, 15) is 18.0 Å². The second-order valence-electron chi connectivity index (χ2n) is 13.1. The zero-order valence-corrected chi connectivity index (χ0v) is 29.1. The first kappa shape index (κ1) is 36.8. The third-order valence-electron chi connectivity index (χ3n) is 8.11. The Morgan fingerprint density at radius 3 is 2.19 bits per heavy atom. The van der Waals surface area contributed by atoms with E-state index in [4.69, 9.17) is 4.74 Å². The summed E-state index contributed by atoms with van der Waals surface area (Å²) in [6.45, 7) is 11.2. The minimum Gasteiger partial charge on any atom is -0.443 e. The molecule has 0 saturated carbocycles. The van der Waals surface area contributed by atoms with Crippen molar-refractivity contribution in [2.45, 2.75) is 76.7 Å². The quantitative estimate of drug-likeness (QED) is 0.264. The van der Waals surface area contributed by atoms with Gasteiger partial charge in [0.05, 0.1) is 4.90 Å². The Hall–Kier alpha value is -4.01. The average molecular weight is 681 g/mol. The van der Waals surface area contributed by atoms with Gasteiger partial charge in [0.25, 0.3) is 10.0 Å². The number of piperidine rings is 2. The summed E-state index contributed by atoms with van der Waals surface area (Å²) in [6.07, 6.45) is 10.6. The third-order valence-corrected chi connectivity index (χ3v) is 9.33. The molecule has 0 atom stereocenters. The van der Waals surface area contributed by atoms with Gasteiger partial charge < -0.3 is 15.4 Å². The van der Waals surface area contributed by atoms with Crippen molar-refractivity contribution < 1.29 is 22.7 Å². The molecule has 2 aromatic rings. The molecule has 0 unspecified atom stereocenters. The van der Waals surface area contributed by atoms with Crippen LogP contribution in [0.1, 0.15) is 64.1 Å². The Balaban J connectivity index is 0.000000220. The van der Waals surface area contributed by atoms with Crippen LogP contribution in [0, 0.1) is 18.8 Å². The summed E-state index contributed by atoms with van der Waals surface area (Å²) >= 11 is 0. The van der Waals surface area contributed by atoms with Gasteiger partial charge in [-0.25, -0.2) is 19.6 Å². The molecule has 3 N–H and O–H groups in total. The summed E-state index contributed by atoms with van der Waals surface area (Å²) < 4.78 is 30.3. The molecule has 13 nitrogen and oxygen atoms in total. The number of hydrogen-bond donors (Lipinski definition) is 3. The highest BCUT2D eigenvalue weighted by Crippen LogP contribution is 2.19. The second-order valence-corrected chi connectivity index (χ2v) is 14.8. The largest absolute Gasteiger partial charge is 0.443 e. The van der Waals surface area contributed by atoms with E-state index in [-0.39, 0.29) is 29.2 Å². The number of ketones is 1. The van der Waals surface area contributed by atoms with Crippen molar-refractivity contribution in [1.82, 2.24) is 30.3 Å². The molecule has 260 valence electrons. The number of aromatic nitrogens is 2. The average Bonchev–Trinajstić information content (AvgIpc) is 3.08. The SMILES string of the molecule is CC(C)(C)OC(=O)N1C=CC(CC(=O)C2CCNCC2)=NC1.Cc1ccc(S(=O)(=O)NN=C(Cc2ccncn2)C2CCNCC2)cc1. The number of amides is 1. The van der Waals surface area contributed by atoms with Crippen LogP contribution in [-0.2, 0) is 26.0 Å². The topological polar surface area (TPSA) is 167 Å². The molecule has 4 heterocycles. The maximum absolute atomic E-state index is 12.5. The maximum Gasteiger partial charge on any atom is 0.415 e. The molecule has 0 bridgehead atoms. The van der Waals surface area contributed by atoms with Gasteiger partial charge in [-0.05, 0) is 104 Å². The molecule has 3 aliphatic heterocycles. The monoisotopic (exact) mass is 680 g/mol. The molecule has 1 amide bonds. The molecule has 1 aromatic heterocycles. The lowest BCUT2D eigenvalue weighted by atomic mass is 9.90. The van der Waals surface area contributed by atoms with Crippen LogP contribution < -0.4 is 15.5 Å². The standard InChI is InChI=1S/C18H23N5O2S.C16H25N3O3/c1-14-2-4-17(5-3-14)26(24,25)23-22-18(15-6-9-19-10-7-15)12-16-8-11-20-13-21-16;1-16(2,3)22-15(21)19-9-6-13(18-11-19)10-14(20)12-4-7-17-8-5-12/h2-5,8,11,13,15,19,23H,6-7,9-10,12H2,1H3;6,9,12,17H,4-5,7-8,10-11H2,1-3H3. The first-order valence-corrected chi connectivity index (χ1v) is 17.9. The Labute approximate surface area is 283 Å². The number of allylic oxidation sites excluding steroid dienone is 1. The fourth-order valence-corrected chi connectivity index (χ4v) is 6.23. The lowest BCUT2D eigenvalue weighted by Crippen LogP contribution is -2.36. The van der Waals surface area contributed by atoms with Crippen LogP contribution in [0.3, 0.4) is 0 Å². The number of ether oxygens (including phenoxy) is 1. The van der Waals surface area contributed by atoms with Gasteiger partial charge in [-0.2, -0.15) is 13.5 Å². The van der Waals surface area contributed by atoms with E-state index in [0.29, 0.717) is 12.8 Å². The summed E-state index contributed by atoms with van der Waals surface area (Å²) in [5.74, 6) is 0.615. The van der Waals surface area contributed by atoms with Crippen molar-refractivity contribution in [2.24, 2.45) is 21.9 Å². The van der Waals surface area contributed by atoms with Gasteiger partial charge in [0.1, 0.15) is 24.4 Å². The molecule has 48 heavy (non-hydrogen) atoms. The van der Waals surface area contributed by atoms with Gasteiger partial charge in [-0.1, -0.05) is 17.7 Å². The number of aliphatic imine (C=N–C) groups is 1. The van der Waals surface area contributed by atoms with Crippen molar-refractivity contribution in [3.8, 4) is 0 Å². The molecule has 0 aliphatic carbocycles. The van der Waals surface area contributed by atoms with Crippen LogP contribution >= 0.6 is 0 Å². The maximum atomic E-state index is 12.5. The van der Waals surface area contributed by atoms with Crippen LogP contribution in [0.5, 0.6) is 0 Å². The first-order valence-electron chi connectivity index (χ1n) is 16.4. The molecular formula is C34H48N8O5S. The number of carbonyl (C=O) groups excluding carboxylic acids is 2. The zero-order chi connectivity index (χ0) is 34.6.